The number of nitrogens with one attached hydrogen (secondary N) is 2. The highest BCUT2D eigenvalue weighted by atomic mass is 16.5. The van der Waals surface area contributed by atoms with E-state index in [4.69, 9.17) is 9.47 Å². The fourth-order valence-corrected chi connectivity index (χ4v) is 3.97. The monoisotopic (exact) mass is 468 g/mol. The van der Waals surface area contributed by atoms with Gasteiger partial charge < -0.3 is 20.1 Å². The number of carbonyl (C=O) groups excluding carboxylic acids is 2. The molecule has 0 saturated heterocycles. The zero-order valence-electron chi connectivity index (χ0n) is 20.1. The minimum absolute atomic E-state index is 0.231. The summed E-state index contributed by atoms with van der Waals surface area (Å²) < 4.78 is 11.3. The van der Waals surface area contributed by atoms with Crippen molar-refractivity contribution in [3.63, 3.8) is 0 Å². The molecule has 0 atom stereocenters. The third kappa shape index (κ3) is 5.44. The Hall–Kier alpha value is -4.32. The number of benzene rings is 4. The molecule has 2 amide bonds. The van der Waals surface area contributed by atoms with Gasteiger partial charge in [0.1, 0.15) is 11.5 Å². The van der Waals surface area contributed by atoms with Gasteiger partial charge in [0.05, 0.1) is 18.4 Å². The Balaban J connectivity index is 1.59. The first-order valence-corrected chi connectivity index (χ1v) is 11.5. The zero-order chi connectivity index (χ0) is 24.8. The molecule has 2 N–H and O–H groups in total. The molecule has 0 radical (unpaired) electrons. The lowest BCUT2D eigenvalue weighted by molar-refractivity contribution is -0.118. The van der Waals surface area contributed by atoms with Crippen LogP contribution in [0.4, 0.5) is 11.4 Å². The van der Waals surface area contributed by atoms with Crippen LogP contribution in [0.1, 0.15) is 28.4 Å². The third-order valence-corrected chi connectivity index (χ3v) is 5.81. The number of ether oxygens (including phenoxy) is 2. The first-order chi connectivity index (χ1) is 17.0. The number of hydrogen-bond acceptors (Lipinski definition) is 4. The van der Waals surface area contributed by atoms with Crippen LogP contribution < -0.4 is 20.1 Å². The molecule has 4 rings (SSSR count). The summed E-state index contributed by atoms with van der Waals surface area (Å²) in [6.45, 7) is 3.77. The van der Waals surface area contributed by atoms with Gasteiger partial charge in [0.2, 0.25) is 0 Å². The summed E-state index contributed by atoms with van der Waals surface area (Å²) in [5.74, 6) is 0.223. The number of hydrogen-bond donors (Lipinski definition) is 2. The molecule has 35 heavy (non-hydrogen) atoms. The highest BCUT2D eigenvalue weighted by molar-refractivity contribution is 6.09. The lowest BCUT2D eigenvalue weighted by Gasteiger charge is -2.16. The van der Waals surface area contributed by atoms with Crippen molar-refractivity contribution in [2.45, 2.75) is 20.3 Å². The number of amides is 2. The van der Waals surface area contributed by atoms with Gasteiger partial charge in [0.15, 0.2) is 6.61 Å². The van der Waals surface area contributed by atoms with Crippen LogP contribution in [0.3, 0.4) is 0 Å². The fourth-order valence-electron chi connectivity index (χ4n) is 3.97. The van der Waals surface area contributed by atoms with Gasteiger partial charge in [-0.25, -0.2) is 0 Å². The number of fused-ring (bicyclic) bond motifs is 1. The minimum Gasteiger partial charge on any atom is -0.495 e. The molecular formula is C29H28N2O4. The first kappa shape index (κ1) is 23.8. The molecule has 0 saturated carbocycles. The molecule has 0 aliphatic carbocycles. The van der Waals surface area contributed by atoms with Crippen LogP contribution in [0.2, 0.25) is 0 Å². The summed E-state index contributed by atoms with van der Waals surface area (Å²) in [6, 6.07) is 24.3. The Bertz CT molecular complexity index is 1380. The maximum atomic E-state index is 13.3. The minimum atomic E-state index is -0.358. The molecule has 0 fully saturated rings. The quantitative estimate of drug-likeness (QED) is 0.333. The third-order valence-electron chi connectivity index (χ3n) is 5.81. The van der Waals surface area contributed by atoms with Crippen molar-refractivity contribution in [2.75, 3.05) is 24.4 Å². The summed E-state index contributed by atoms with van der Waals surface area (Å²) in [5.41, 5.74) is 3.72. The SMILES string of the molecule is CCc1cccc(C)c1NC(=O)COc1cc2ccccc2cc1C(=O)Nc1ccccc1OC. The van der Waals surface area contributed by atoms with Gasteiger partial charge in [-0.2, -0.15) is 0 Å². The highest BCUT2D eigenvalue weighted by Crippen LogP contribution is 2.29. The average molecular weight is 469 g/mol. The smallest absolute Gasteiger partial charge is 0.262 e. The molecule has 0 spiro atoms. The molecule has 0 aliphatic rings. The Labute approximate surface area is 204 Å². The molecule has 6 heteroatoms. The van der Waals surface area contributed by atoms with Crippen molar-refractivity contribution in [1.29, 1.82) is 0 Å². The highest BCUT2D eigenvalue weighted by Gasteiger charge is 2.18. The van der Waals surface area contributed by atoms with Crippen LogP contribution in [0.15, 0.2) is 78.9 Å². The number of aryl methyl sites for hydroxylation is 2. The van der Waals surface area contributed by atoms with Crippen LogP contribution in [-0.2, 0) is 11.2 Å². The molecule has 0 aromatic heterocycles. The van der Waals surface area contributed by atoms with E-state index in [1.807, 2.05) is 68.4 Å². The lowest BCUT2D eigenvalue weighted by Crippen LogP contribution is -2.22. The van der Waals surface area contributed by atoms with Crippen molar-refractivity contribution in [3.05, 3.63) is 95.6 Å². The predicted octanol–water partition coefficient (Wildman–Crippen LogP) is 5.99. The van der Waals surface area contributed by atoms with Gasteiger partial charge in [-0.1, -0.05) is 61.5 Å². The largest absolute Gasteiger partial charge is 0.495 e. The van der Waals surface area contributed by atoms with Gasteiger partial charge >= 0.3 is 0 Å². The van der Waals surface area contributed by atoms with E-state index in [2.05, 4.69) is 10.6 Å². The summed E-state index contributed by atoms with van der Waals surface area (Å²) in [4.78, 5) is 26.0. The van der Waals surface area contributed by atoms with Crippen molar-refractivity contribution >= 4 is 34.0 Å². The fraction of sp³-hybridized carbons (Fsp3) is 0.172. The second-order valence-corrected chi connectivity index (χ2v) is 8.15. The van der Waals surface area contributed by atoms with Gasteiger partial charge in [-0.3, -0.25) is 9.59 Å². The first-order valence-electron chi connectivity index (χ1n) is 11.5. The molecule has 4 aromatic carbocycles. The number of carbonyl (C=O) groups is 2. The second kappa shape index (κ2) is 10.7. The van der Waals surface area contributed by atoms with E-state index in [1.165, 1.54) is 0 Å². The maximum Gasteiger partial charge on any atom is 0.262 e. The summed E-state index contributed by atoms with van der Waals surface area (Å²) in [7, 11) is 1.55. The number of rotatable bonds is 8. The number of anilines is 2. The van der Waals surface area contributed by atoms with E-state index in [1.54, 1.807) is 31.4 Å². The molecule has 6 nitrogen and oxygen atoms in total. The van der Waals surface area contributed by atoms with Crippen molar-refractivity contribution in [2.24, 2.45) is 0 Å². The Morgan fingerprint density at radius 1 is 0.829 bits per heavy atom. The molecule has 4 aromatic rings. The maximum absolute atomic E-state index is 13.3. The van der Waals surface area contributed by atoms with Crippen LogP contribution in [0, 0.1) is 6.92 Å². The van der Waals surface area contributed by atoms with E-state index in [0.29, 0.717) is 22.7 Å². The van der Waals surface area contributed by atoms with Crippen LogP contribution in [-0.4, -0.2) is 25.5 Å². The zero-order valence-corrected chi connectivity index (χ0v) is 20.1. The summed E-state index contributed by atoms with van der Waals surface area (Å²) in [5, 5.41) is 7.65. The van der Waals surface area contributed by atoms with Crippen molar-refractivity contribution in [3.8, 4) is 11.5 Å². The van der Waals surface area contributed by atoms with Crippen LogP contribution >= 0.6 is 0 Å². The average Bonchev–Trinajstić information content (AvgIpc) is 2.88. The number of para-hydroxylation sites is 3. The van der Waals surface area contributed by atoms with Gasteiger partial charge in [0, 0.05) is 5.69 Å². The predicted molar refractivity (Wildman–Crippen MR) is 140 cm³/mol. The molecule has 0 heterocycles. The van der Waals surface area contributed by atoms with Crippen LogP contribution in [0.25, 0.3) is 10.8 Å². The molecule has 0 unspecified atom stereocenters. The topological polar surface area (TPSA) is 76.7 Å². The van der Waals surface area contributed by atoms with Crippen LogP contribution in [0.5, 0.6) is 11.5 Å². The second-order valence-electron chi connectivity index (χ2n) is 8.15. The van der Waals surface area contributed by atoms with E-state index in [9.17, 15) is 9.59 Å². The standard InChI is InChI=1S/C29H28N2O4/c1-4-20-13-9-10-19(2)28(20)31-27(32)18-35-26-17-22-12-6-5-11-21(22)16-23(26)29(33)30-24-14-7-8-15-25(24)34-3/h5-17H,4,18H2,1-3H3,(H,30,33)(H,31,32). The van der Waals surface area contributed by atoms with Crippen molar-refractivity contribution < 1.29 is 19.1 Å². The van der Waals surface area contributed by atoms with E-state index < -0.39 is 0 Å². The summed E-state index contributed by atoms with van der Waals surface area (Å²) in [6.07, 6.45) is 0.802. The normalized spacial score (nSPS) is 10.6. The Morgan fingerprint density at radius 3 is 2.29 bits per heavy atom. The Morgan fingerprint density at radius 2 is 1.54 bits per heavy atom. The number of methoxy groups -OCH3 is 1. The van der Waals surface area contributed by atoms with Gasteiger partial charge in [0.25, 0.3) is 11.8 Å². The van der Waals surface area contributed by atoms with E-state index >= 15 is 0 Å². The van der Waals surface area contributed by atoms with E-state index in [-0.39, 0.29) is 18.4 Å². The summed E-state index contributed by atoms with van der Waals surface area (Å²) >= 11 is 0. The molecule has 178 valence electrons. The molecular weight excluding hydrogens is 440 g/mol. The molecule has 0 aliphatic heterocycles. The Kier molecular flexibility index (Phi) is 7.31. The van der Waals surface area contributed by atoms with Crippen molar-refractivity contribution in [1.82, 2.24) is 0 Å². The van der Waals surface area contributed by atoms with E-state index in [0.717, 1.165) is 34.0 Å². The molecule has 0 bridgehead atoms. The van der Waals surface area contributed by atoms with Gasteiger partial charge in [-0.05, 0) is 59.5 Å². The van der Waals surface area contributed by atoms with Gasteiger partial charge in [-0.15, -0.1) is 0 Å². The lowest BCUT2D eigenvalue weighted by atomic mass is 10.0.